The average molecular weight is 376 g/mol. The molecule has 4 rings (SSSR count). The highest BCUT2D eigenvalue weighted by atomic mass is 16.4. The van der Waals surface area contributed by atoms with Crippen molar-refractivity contribution in [3.05, 3.63) is 20.8 Å². The van der Waals surface area contributed by atoms with Crippen LogP contribution in [0.15, 0.2) is 9.59 Å². The summed E-state index contributed by atoms with van der Waals surface area (Å²) in [6.07, 6.45) is 0.932. The number of carbonyl (C=O) groups excluding carboxylic acids is 1. The van der Waals surface area contributed by atoms with E-state index in [2.05, 4.69) is 15.3 Å². The maximum Gasteiger partial charge on any atom is 0.329 e. The lowest BCUT2D eigenvalue weighted by atomic mass is 9.78. The summed E-state index contributed by atoms with van der Waals surface area (Å²) < 4.78 is 2.91. The molecule has 11 heteroatoms. The highest BCUT2D eigenvalue weighted by Crippen LogP contribution is 2.38. The fraction of sp³-hybridized carbons (Fsp3) is 0.562. The van der Waals surface area contributed by atoms with Gasteiger partial charge in [0.25, 0.3) is 5.56 Å². The van der Waals surface area contributed by atoms with Gasteiger partial charge < -0.3 is 19.9 Å². The van der Waals surface area contributed by atoms with E-state index in [1.807, 2.05) is 4.90 Å². The van der Waals surface area contributed by atoms with Gasteiger partial charge in [0.2, 0.25) is 11.9 Å². The van der Waals surface area contributed by atoms with Crippen LogP contribution >= 0.6 is 0 Å². The van der Waals surface area contributed by atoms with E-state index in [-0.39, 0.29) is 12.3 Å². The quantitative estimate of drug-likeness (QED) is 0.580. The van der Waals surface area contributed by atoms with E-state index in [0.29, 0.717) is 43.0 Å². The summed E-state index contributed by atoms with van der Waals surface area (Å²) in [6, 6.07) is 0. The fourth-order valence-electron chi connectivity index (χ4n) is 4.28. The first kappa shape index (κ1) is 17.3. The zero-order valence-electron chi connectivity index (χ0n) is 15.0. The predicted molar refractivity (Wildman–Crippen MR) is 94.6 cm³/mol. The van der Waals surface area contributed by atoms with Gasteiger partial charge in [-0.2, -0.15) is 4.98 Å². The van der Waals surface area contributed by atoms with Crippen LogP contribution in [0.5, 0.6) is 0 Å². The highest BCUT2D eigenvalue weighted by molar-refractivity contribution is 5.88. The van der Waals surface area contributed by atoms with Gasteiger partial charge in [0.05, 0.1) is 11.5 Å². The summed E-state index contributed by atoms with van der Waals surface area (Å²) in [5, 5.41) is 12.3. The second-order valence-electron chi connectivity index (χ2n) is 7.25. The molecule has 2 aliphatic rings. The Morgan fingerprint density at radius 2 is 1.85 bits per heavy atom. The Morgan fingerprint density at radius 3 is 2.48 bits per heavy atom. The summed E-state index contributed by atoms with van der Waals surface area (Å²) in [5.41, 5.74) is -1.19. The number of aryl methyl sites for hydroxylation is 2. The third kappa shape index (κ3) is 2.45. The highest BCUT2D eigenvalue weighted by Gasteiger charge is 2.51. The Labute approximate surface area is 152 Å². The van der Waals surface area contributed by atoms with Crippen LogP contribution in [-0.4, -0.2) is 54.7 Å². The van der Waals surface area contributed by atoms with Crippen LogP contribution in [0.2, 0.25) is 0 Å². The number of hydrogen-bond acceptors (Lipinski definition) is 6. The van der Waals surface area contributed by atoms with Crippen molar-refractivity contribution < 1.29 is 14.7 Å². The number of carbonyl (C=O) groups is 2. The molecule has 1 atom stereocenters. The molecule has 2 fully saturated rings. The number of piperidine rings is 1. The summed E-state index contributed by atoms with van der Waals surface area (Å²) in [5.74, 6) is -1.41. The SMILES string of the molecule is Cn1c(N2CCC3(CC2)NC(=O)CC3C(=O)O)nc2c1c(=O)[nH]c(=O)n2C. The van der Waals surface area contributed by atoms with Crippen LogP contribution in [0, 0.1) is 5.92 Å². The monoisotopic (exact) mass is 376 g/mol. The number of nitrogens with one attached hydrogen (secondary N) is 2. The van der Waals surface area contributed by atoms with Crippen molar-refractivity contribution in [1.29, 1.82) is 0 Å². The van der Waals surface area contributed by atoms with E-state index in [0.717, 1.165) is 0 Å². The zero-order chi connectivity index (χ0) is 19.5. The number of aromatic amines is 1. The van der Waals surface area contributed by atoms with Crippen LogP contribution in [0.1, 0.15) is 19.3 Å². The zero-order valence-corrected chi connectivity index (χ0v) is 15.0. The van der Waals surface area contributed by atoms with Crippen LogP contribution < -0.4 is 21.5 Å². The van der Waals surface area contributed by atoms with E-state index in [4.69, 9.17) is 0 Å². The number of rotatable bonds is 2. The van der Waals surface area contributed by atoms with Gasteiger partial charge >= 0.3 is 11.7 Å². The van der Waals surface area contributed by atoms with Crippen molar-refractivity contribution >= 4 is 29.0 Å². The first-order chi connectivity index (χ1) is 12.7. The molecule has 2 aromatic heterocycles. The Bertz CT molecular complexity index is 1070. The molecule has 2 aliphatic heterocycles. The summed E-state index contributed by atoms with van der Waals surface area (Å²) in [6.45, 7) is 0.958. The third-order valence-electron chi connectivity index (χ3n) is 5.79. The number of nitrogens with zero attached hydrogens (tertiary/aromatic N) is 4. The van der Waals surface area contributed by atoms with E-state index < -0.39 is 28.7 Å². The Balaban J connectivity index is 1.67. The number of imidazole rings is 1. The number of hydrogen-bond donors (Lipinski definition) is 3. The summed E-state index contributed by atoms with van der Waals surface area (Å²) in [7, 11) is 3.24. The molecule has 1 amide bonds. The molecule has 11 nitrogen and oxygen atoms in total. The second-order valence-corrected chi connectivity index (χ2v) is 7.25. The maximum absolute atomic E-state index is 12.2. The molecular weight excluding hydrogens is 356 g/mol. The number of amides is 1. The maximum atomic E-state index is 12.2. The van der Waals surface area contributed by atoms with Crippen molar-refractivity contribution in [3.63, 3.8) is 0 Å². The van der Waals surface area contributed by atoms with Crippen molar-refractivity contribution in [2.24, 2.45) is 20.0 Å². The molecule has 0 bridgehead atoms. The summed E-state index contributed by atoms with van der Waals surface area (Å²) in [4.78, 5) is 56.0. The van der Waals surface area contributed by atoms with Gasteiger partial charge in [-0.05, 0) is 12.8 Å². The van der Waals surface area contributed by atoms with Gasteiger partial charge in [-0.1, -0.05) is 0 Å². The second kappa shape index (κ2) is 5.69. The molecular formula is C16H20N6O5. The molecule has 2 saturated heterocycles. The van der Waals surface area contributed by atoms with Crippen LogP contribution in [0.3, 0.4) is 0 Å². The average Bonchev–Trinajstić information content (AvgIpc) is 3.12. The smallest absolute Gasteiger partial charge is 0.329 e. The minimum absolute atomic E-state index is 0.000881. The van der Waals surface area contributed by atoms with Gasteiger partial charge in [-0.3, -0.25) is 23.9 Å². The van der Waals surface area contributed by atoms with Gasteiger partial charge in [0.15, 0.2) is 11.2 Å². The largest absolute Gasteiger partial charge is 0.481 e. The normalized spacial score (nSPS) is 21.8. The van der Waals surface area contributed by atoms with E-state index in [1.165, 1.54) is 11.6 Å². The van der Waals surface area contributed by atoms with E-state index in [9.17, 15) is 24.3 Å². The minimum Gasteiger partial charge on any atom is -0.481 e. The molecule has 1 spiro atoms. The van der Waals surface area contributed by atoms with Gasteiger partial charge in [0.1, 0.15) is 0 Å². The molecule has 0 radical (unpaired) electrons. The molecule has 0 aliphatic carbocycles. The van der Waals surface area contributed by atoms with Crippen molar-refractivity contribution in [1.82, 2.24) is 24.4 Å². The van der Waals surface area contributed by atoms with Gasteiger partial charge in [0, 0.05) is 33.6 Å². The lowest BCUT2D eigenvalue weighted by Gasteiger charge is -2.41. The third-order valence-corrected chi connectivity index (χ3v) is 5.79. The number of aliphatic carboxylic acids is 1. The number of carboxylic acids is 1. The van der Waals surface area contributed by atoms with Gasteiger partial charge in [-0.15, -0.1) is 0 Å². The molecule has 2 aromatic rings. The lowest BCUT2D eigenvalue weighted by molar-refractivity contribution is -0.144. The first-order valence-electron chi connectivity index (χ1n) is 8.68. The van der Waals surface area contributed by atoms with Crippen molar-refractivity contribution in [2.75, 3.05) is 18.0 Å². The fourth-order valence-corrected chi connectivity index (χ4v) is 4.28. The molecule has 0 aromatic carbocycles. The standard InChI is InChI=1S/C16H20N6O5/c1-20-10-11(21(2)15(27)18-12(10)24)17-14(20)22-5-3-16(4-6-22)8(13(25)26)7-9(23)19-16/h8H,3-7H2,1-2H3,(H,19,23)(H,25,26)(H,18,24,27). The molecule has 1 unspecified atom stereocenters. The first-order valence-corrected chi connectivity index (χ1v) is 8.68. The predicted octanol–water partition coefficient (Wildman–Crippen LogP) is -1.48. The summed E-state index contributed by atoms with van der Waals surface area (Å²) >= 11 is 0. The molecule has 27 heavy (non-hydrogen) atoms. The number of anilines is 1. The Kier molecular flexibility index (Phi) is 3.65. The number of carboxylic acid groups (broad SMARTS) is 1. The number of aromatic nitrogens is 4. The van der Waals surface area contributed by atoms with Gasteiger partial charge in [-0.25, -0.2) is 4.79 Å². The van der Waals surface area contributed by atoms with Crippen molar-refractivity contribution in [2.45, 2.75) is 24.8 Å². The minimum atomic E-state index is -0.967. The Morgan fingerprint density at radius 1 is 1.19 bits per heavy atom. The van der Waals surface area contributed by atoms with Crippen molar-refractivity contribution in [3.8, 4) is 0 Å². The van der Waals surface area contributed by atoms with Crippen LogP contribution in [-0.2, 0) is 23.7 Å². The lowest BCUT2D eigenvalue weighted by Crippen LogP contribution is -2.56. The molecule has 3 N–H and O–H groups in total. The molecule has 0 saturated carbocycles. The van der Waals surface area contributed by atoms with Crippen LogP contribution in [0.25, 0.3) is 11.2 Å². The molecule has 4 heterocycles. The number of H-pyrrole nitrogens is 1. The van der Waals surface area contributed by atoms with E-state index in [1.54, 1.807) is 11.6 Å². The Hall–Kier alpha value is -3.11. The van der Waals surface area contributed by atoms with E-state index >= 15 is 0 Å². The van der Waals surface area contributed by atoms with Crippen LogP contribution in [0.4, 0.5) is 5.95 Å². The topological polar surface area (TPSA) is 142 Å². The molecule has 144 valence electrons. The number of fused-ring (bicyclic) bond motifs is 1.